The molecule has 86 valence electrons. The summed E-state index contributed by atoms with van der Waals surface area (Å²) in [5.41, 5.74) is 7.75. The third kappa shape index (κ3) is 2.74. The van der Waals surface area contributed by atoms with Gasteiger partial charge in [0, 0.05) is 5.02 Å². The molecule has 0 aliphatic heterocycles. The lowest BCUT2D eigenvalue weighted by Gasteiger charge is -2.12. The van der Waals surface area contributed by atoms with Gasteiger partial charge >= 0.3 is 0 Å². The predicted octanol–water partition coefficient (Wildman–Crippen LogP) is 4.01. The monoisotopic (exact) mass is 277 g/mol. The maximum absolute atomic E-state index is 12.8. The summed E-state index contributed by atoms with van der Waals surface area (Å²) in [6.07, 6.45) is 0. The molecule has 1 nitrogen and oxygen atoms in total. The summed E-state index contributed by atoms with van der Waals surface area (Å²) < 4.78 is 12.8. The van der Waals surface area contributed by atoms with Gasteiger partial charge in [0.25, 0.3) is 0 Å². The Morgan fingerprint density at radius 3 is 2.62 bits per heavy atom. The first-order valence-electron chi connectivity index (χ1n) is 4.41. The summed E-state index contributed by atoms with van der Waals surface area (Å²) >= 11 is 7.50. The Bertz CT molecular complexity index is 459. The molecule has 16 heavy (non-hydrogen) atoms. The molecule has 1 aromatic heterocycles. The molecule has 0 spiro atoms. The fraction of sp³-hybridized carbons (Fsp3) is 0.0909. The number of hydrogen-bond acceptors (Lipinski definition) is 2. The van der Waals surface area contributed by atoms with E-state index >= 15 is 0 Å². The van der Waals surface area contributed by atoms with E-state index in [1.54, 1.807) is 17.4 Å². The van der Waals surface area contributed by atoms with Crippen LogP contribution < -0.4 is 5.73 Å². The van der Waals surface area contributed by atoms with Gasteiger partial charge in [0.1, 0.15) is 5.82 Å². The molecule has 0 radical (unpaired) electrons. The van der Waals surface area contributed by atoms with Crippen molar-refractivity contribution in [1.29, 1.82) is 0 Å². The van der Waals surface area contributed by atoms with E-state index in [1.807, 2.05) is 16.8 Å². The molecule has 0 bridgehead atoms. The van der Waals surface area contributed by atoms with Gasteiger partial charge in [-0.1, -0.05) is 17.7 Å². The number of hydrogen-bond donors (Lipinski definition) is 1. The van der Waals surface area contributed by atoms with E-state index in [-0.39, 0.29) is 24.3 Å². The second-order valence-electron chi connectivity index (χ2n) is 3.20. The third-order valence-corrected chi connectivity index (χ3v) is 3.23. The van der Waals surface area contributed by atoms with E-state index in [1.165, 1.54) is 12.1 Å². The summed E-state index contributed by atoms with van der Waals surface area (Å²) in [5, 5.41) is 4.28. The molecule has 2 aromatic rings. The van der Waals surface area contributed by atoms with E-state index < -0.39 is 0 Å². The van der Waals surface area contributed by atoms with Crippen molar-refractivity contribution in [3.05, 3.63) is 57.0 Å². The van der Waals surface area contributed by atoms with Crippen molar-refractivity contribution in [3.8, 4) is 0 Å². The quantitative estimate of drug-likeness (QED) is 0.882. The molecule has 1 atom stereocenters. The second-order valence-corrected chi connectivity index (χ2v) is 4.39. The van der Waals surface area contributed by atoms with Gasteiger partial charge in [-0.25, -0.2) is 4.39 Å². The fourth-order valence-electron chi connectivity index (χ4n) is 1.39. The van der Waals surface area contributed by atoms with Crippen molar-refractivity contribution in [2.75, 3.05) is 0 Å². The van der Waals surface area contributed by atoms with E-state index in [4.69, 9.17) is 17.3 Å². The minimum absolute atomic E-state index is 0. The Balaban J connectivity index is 0.00000128. The Morgan fingerprint density at radius 2 is 2.06 bits per heavy atom. The molecule has 2 N–H and O–H groups in total. The van der Waals surface area contributed by atoms with Gasteiger partial charge in [-0.15, -0.1) is 12.4 Å². The first-order valence-corrected chi connectivity index (χ1v) is 5.73. The standard InChI is InChI=1S/C11H9ClFNS.ClH/c12-10-5-8(13)1-2-9(10)11(14)7-3-4-15-6-7;/h1-6,11H,14H2;1H/t11-;/m1./s1. The molecule has 0 fully saturated rings. The normalized spacial score (nSPS) is 11.9. The first-order chi connectivity index (χ1) is 7.18. The van der Waals surface area contributed by atoms with Crippen molar-refractivity contribution in [3.63, 3.8) is 0 Å². The molecule has 0 aliphatic carbocycles. The summed E-state index contributed by atoms with van der Waals surface area (Å²) in [4.78, 5) is 0. The SMILES string of the molecule is Cl.N[C@H](c1ccsc1)c1ccc(F)cc1Cl. The van der Waals surface area contributed by atoms with Crippen LogP contribution in [0.25, 0.3) is 0 Å². The first kappa shape index (κ1) is 13.5. The van der Waals surface area contributed by atoms with Crippen molar-refractivity contribution in [2.24, 2.45) is 5.73 Å². The highest BCUT2D eigenvalue weighted by molar-refractivity contribution is 7.08. The molecule has 0 saturated carbocycles. The van der Waals surface area contributed by atoms with Crippen molar-refractivity contribution in [2.45, 2.75) is 6.04 Å². The average molecular weight is 278 g/mol. The highest BCUT2D eigenvalue weighted by atomic mass is 35.5. The largest absolute Gasteiger partial charge is 0.320 e. The maximum Gasteiger partial charge on any atom is 0.124 e. The Kier molecular flexibility index (Phi) is 4.74. The zero-order chi connectivity index (χ0) is 10.8. The van der Waals surface area contributed by atoms with Gasteiger partial charge in [-0.3, -0.25) is 0 Å². The summed E-state index contributed by atoms with van der Waals surface area (Å²) in [5.74, 6) is -0.346. The van der Waals surface area contributed by atoms with E-state index in [9.17, 15) is 4.39 Å². The molecule has 0 saturated heterocycles. The minimum Gasteiger partial charge on any atom is -0.320 e. The van der Waals surface area contributed by atoms with Crippen molar-refractivity contribution < 1.29 is 4.39 Å². The second kappa shape index (κ2) is 5.64. The average Bonchev–Trinajstić information content (AvgIpc) is 2.69. The predicted molar refractivity (Wildman–Crippen MR) is 69.0 cm³/mol. The number of rotatable bonds is 2. The van der Waals surface area contributed by atoms with Crippen LogP contribution in [0.15, 0.2) is 35.0 Å². The molecule has 0 aliphatic rings. The van der Waals surface area contributed by atoms with Crippen LogP contribution in [-0.2, 0) is 0 Å². The van der Waals surface area contributed by atoms with E-state index in [0.717, 1.165) is 11.1 Å². The van der Waals surface area contributed by atoms with Crippen LogP contribution in [-0.4, -0.2) is 0 Å². The lowest BCUT2D eigenvalue weighted by Crippen LogP contribution is -2.11. The Morgan fingerprint density at radius 1 is 1.31 bits per heavy atom. The van der Waals surface area contributed by atoms with Crippen LogP contribution in [0.1, 0.15) is 17.2 Å². The number of thiophene rings is 1. The topological polar surface area (TPSA) is 26.0 Å². The van der Waals surface area contributed by atoms with Crippen molar-refractivity contribution in [1.82, 2.24) is 0 Å². The lowest BCUT2D eigenvalue weighted by molar-refractivity contribution is 0.626. The van der Waals surface area contributed by atoms with Crippen LogP contribution >= 0.6 is 35.3 Å². The van der Waals surface area contributed by atoms with Gasteiger partial charge in [0.05, 0.1) is 6.04 Å². The van der Waals surface area contributed by atoms with Crippen molar-refractivity contribution >= 4 is 35.3 Å². The molecule has 5 heteroatoms. The van der Waals surface area contributed by atoms with Gasteiger partial charge in [0.2, 0.25) is 0 Å². The van der Waals surface area contributed by atoms with Crippen LogP contribution in [0.3, 0.4) is 0 Å². The minimum atomic E-state index is -0.346. The number of benzene rings is 1. The maximum atomic E-state index is 12.8. The van der Waals surface area contributed by atoms with Crippen LogP contribution in [0, 0.1) is 5.82 Å². The van der Waals surface area contributed by atoms with E-state index in [2.05, 4.69) is 0 Å². The molecule has 0 amide bonds. The van der Waals surface area contributed by atoms with Crippen LogP contribution in [0.5, 0.6) is 0 Å². The molecule has 0 unspecified atom stereocenters. The zero-order valence-electron chi connectivity index (χ0n) is 8.19. The highest BCUT2D eigenvalue weighted by Crippen LogP contribution is 2.28. The Hall–Kier alpha value is -0.610. The summed E-state index contributed by atoms with van der Waals surface area (Å²) in [6, 6.07) is 5.93. The van der Waals surface area contributed by atoms with Crippen LogP contribution in [0.4, 0.5) is 4.39 Å². The molecule has 1 heterocycles. The van der Waals surface area contributed by atoms with Gasteiger partial charge in [-0.2, -0.15) is 11.3 Å². The Labute approximate surface area is 108 Å². The fourth-order valence-corrected chi connectivity index (χ4v) is 2.37. The van der Waals surface area contributed by atoms with Gasteiger partial charge < -0.3 is 5.73 Å². The summed E-state index contributed by atoms with van der Waals surface area (Å²) in [6.45, 7) is 0. The summed E-state index contributed by atoms with van der Waals surface area (Å²) in [7, 11) is 0. The molecule has 2 rings (SSSR count). The van der Waals surface area contributed by atoms with Crippen LogP contribution in [0.2, 0.25) is 5.02 Å². The molecular weight excluding hydrogens is 268 g/mol. The lowest BCUT2D eigenvalue weighted by atomic mass is 10.0. The van der Waals surface area contributed by atoms with E-state index in [0.29, 0.717) is 5.02 Å². The number of nitrogens with two attached hydrogens (primary N) is 1. The molecular formula is C11H10Cl2FNS. The van der Waals surface area contributed by atoms with Gasteiger partial charge in [0.15, 0.2) is 0 Å². The third-order valence-electron chi connectivity index (χ3n) is 2.20. The highest BCUT2D eigenvalue weighted by Gasteiger charge is 2.13. The van der Waals surface area contributed by atoms with Gasteiger partial charge in [-0.05, 0) is 40.1 Å². The number of halogens is 3. The zero-order valence-corrected chi connectivity index (χ0v) is 10.6. The smallest absolute Gasteiger partial charge is 0.124 e. The molecule has 1 aromatic carbocycles.